The summed E-state index contributed by atoms with van der Waals surface area (Å²) in [4.78, 5) is 11.0. The highest BCUT2D eigenvalue weighted by molar-refractivity contribution is 6.57. The number of carbonyl (C=O) groups is 1. The van der Waals surface area contributed by atoms with Crippen molar-refractivity contribution in [3.63, 3.8) is 0 Å². The van der Waals surface area contributed by atoms with Crippen molar-refractivity contribution in [1.29, 1.82) is 0 Å². The summed E-state index contributed by atoms with van der Waals surface area (Å²) in [6.07, 6.45) is 0. The fourth-order valence-corrected chi connectivity index (χ4v) is 0.712. The second-order valence-electron chi connectivity index (χ2n) is 2.21. The van der Waals surface area contributed by atoms with E-state index in [0.29, 0.717) is 0 Å². The molecule has 6 nitrogen and oxygen atoms in total. The first-order chi connectivity index (χ1) is 6.15. The predicted molar refractivity (Wildman–Crippen MR) is 42.3 cm³/mol. The maximum Gasteiger partial charge on any atom is 0.529 e. The van der Waals surface area contributed by atoms with Gasteiger partial charge in [0.25, 0.3) is 0 Å². The van der Waals surface area contributed by atoms with Gasteiger partial charge in [-0.2, -0.15) is 0 Å². The third kappa shape index (κ3) is 2.30. The van der Waals surface area contributed by atoms with Crippen LogP contribution in [-0.4, -0.2) is 34.9 Å². The van der Waals surface area contributed by atoms with Crippen LogP contribution in [-0.2, 0) is 4.74 Å². The highest BCUT2D eigenvalue weighted by Crippen LogP contribution is 1.96. The molecule has 0 saturated heterocycles. The molecule has 13 heavy (non-hydrogen) atoms. The Balaban J connectivity index is 2.73. The van der Waals surface area contributed by atoms with E-state index in [1.165, 1.54) is 0 Å². The Morgan fingerprint density at radius 1 is 1.77 bits per heavy atom. The highest BCUT2D eigenvalue weighted by Gasteiger charge is 2.21. The van der Waals surface area contributed by atoms with E-state index in [1.807, 2.05) is 0 Å². The normalized spacial score (nSPS) is 9.77. The van der Waals surface area contributed by atoms with Gasteiger partial charge in [0.1, 0.15) is 0 Å². The molecule has 0 atom stereocenters. The molecule has 0 aliphatic heterocycles. The number of hydrogen-bond acceptors (Lipinski definition) is 6. The van der Waals surface area contributed by atoms with Gasteiger partial charge in [-0.3, -0.25) is 0 Å². The van der Waals surface area contributed by atoms with Gasteiger partial charge < -0.3 is 19.3 Å². The van der Waals surface area contributed by atoms with Crippen LogP contribution < -0.4 is 5.66 Å². The number of carbonyl (C=O) groups excluding carboxylic acids is 1. The SMILES string of the molecule is CCOC(=O)c1cc(B(O)O)on1. The Morgan fingerprint density at radius 2 is 2.46 bits per heavy atom. The lowest BCUT2D eigenvalue weighted by atomic mass is 9.88. The first-order valence-electron chi connectivity index (χ1n) is 3.65. The Morgan fingerprint density at radius 3 is 2.92 bits per heavy atom. The van der Waals surface area contributed by atoms with Crippen molar-refractivity contribution in [3.05, 3.63) is 11.8 Å². The molecule has 0 bridgehead atoms. The van der Waals surface area contributed by atoms with Crippen LogP contribution in [0.2, 0.25) is 0 Å². The first-order valence-corrected chi connectivity index (χ1v) is 3.65. The van der Waals surface area contributed by atoms with Crippen LogP contribution in [0.1, 0.15) is 17.4 Å². The molecule has 0 aliphatic rings. The van der Waals surface area contributed by atoms with E-state index in [0.717, 1.165) is 6.07 Å². The van der Waals surface area contributed by atoms with Gasteiger partial charge in [-0.1, -0.05) is 5.16 Å². The molecule has 7 heteroatoms. The molecule has 0 aromatic carbocycles. The summed E-state index contributed by atoms with van der Waals surface area (Å²) in [5.41, 5.74) is -0.270. The molecule has 0 unspecified atom stereocenters. The number of rotatable bonds is 3. The molecule has 70 valence electrons. The van der Waals surface area contributed by atoms with Gasteiger partial charge in [0.2, 0.25) is 0 Å². The molecule has 0 amide bonds. The van der Waals surface area contributed by atoms with Gasteiger partial charge >= 0.3 is 13.1 Å². The highest BCUT2D eigenvalue weighted by atomic mass is 16.5. The van der Waals surface area contributed by atoms with Crippen molar-refractivity contribution in [3.8, 4) is 0 Å². The van der Waals surface area contributed by atoms with E-state index in [1.54, 1.807) is 6.92 Å². The third-order valence-electron chi connectivity index (χ3n) is 1.27. The smallest absolute Gasteiger partial charge is 0.461 e. The van der Waals surface area contributed by atoms with Crippen LogP contribution in [0.25, 0.3) is 0 Å². The largest absolute Gasteiger partial charge is 0.529 e. The molecule has 1 heterocycles. The molecule has 0 radical (unpaired) electrons. The van der Waals surface area contributed by atoms with Crippen molar-refractivity contribution in [1.82, 2.24) is 5.16 Å². The van der Waals surface area contributed by atoms with Gasteiger partial charge in [0, 0.05) is 6.07 Å². The van der Waals surface area contributed by atoms with Gasteiger partial charge in [0.05, 0.1) is 6.61 Å². The van der Waals surface area contributed by atoms with Crippen molar-refractivity contribution < 1.29 is 24.1 Å². The van der Waals surface area contributed by atoms with E-state index in [9.17, 15) is 4.79 Å². The van der Waals surface area contributed by atoms with Crippen LogP contribution in [0.5, 0.6) is 0 Å². The number of ether oxygens (including phenoxy) is 1. The first kappa shape index (κ1) is 9.75. The minimum atomic E-state index is -1.77. The number of nitrogens with zero attached hydrogens (tertiary/aromatic N) is 1. The minimum Gasteiger partial charge on any atom is -0.461 e. The molecule has 1 rings (SSSR count). The average Bonchev–Trinajstić information content (AvgIpc) is 2.52. The zero-order chi connectivity index (χ0) is 9.84. The fourth-order valence-electron chi connectivity index (χ4n) is 0.712. The Hall–Kier alpha value is -1.34. The number of esters is 1. The van der Waals surface area contributed by atoms with Crippen LogP contribution >= 0.6 is 0 Å². The second-order valence-corrected chi connectivity index (χ2v) is 2.21. The van der Waals surface area contributed by atoms with E-state index < -0.39 is 13.1 Å². The number of hydrogen-bond donors (Lipinski definition) is 2. The lowest BCUT2D eigenvalue weighted by Gasteiger charge is -1.94. The van der Waals surface area contributed by atoms with Crippen molar-refractivity contribution in [2.75, 3.05) is 6.61 Å². The van der Waals surface area contributed by atoms with Gasteiger partial charge in [-0.05, 0) is 6.92 Å². The molecular formula is C6H8BNO5. The lowest BCUT2D eigenvalue weighted by Crippen LogP contribution is -2.28. The maximum absolute atomic E-state index is 11.0. The average molecular weight is 185 g/mol. The molecule has 2 N–H and O–H groups in total. The second kappa shape index (κ2) is 4.06. The summed E-state index contributed by atoms with van der Waals surface area (Å²) >= 11 is 0. The van der Waals surface area contributed by atoms with Crippen LogP contribution in [0.4, 0.5) is 0 Å². The van der Waals surface area contributed by atoms with E-state index in [2.05, 4.69) is 14.4 Å². The van der Waals surface area contributed by atoms with Gasteiger partial charge in [0.15, 0.2) is 11.4 Å². The van der Waals surface area contributed by atoms with E-state index in [-0.39, 0.29) is 18.0 Å². The maximum atomic E-state index is 11.0. The Kier molecular flexibility index (Phi) is 3.05. The van der Waals surface area contributed by atoms with E-state index >= 15 is 0 Å². The zero-order valence-corrected chi connectivity index (χ0v) is 6.93. The summed E-state index contributed by atoms with van der Waals surface area (Å²) in [6.45, 7) is 1.88. The molecular weight excluding hydrogens is 177 g/mol. The third-order valence-corrected chi connectivity index (χ3v) is 1.27. The minimum absolute atomic E-state index is 0.0787. The molecule has 1 aromatic rings. The molecule has 0 spiro atoms. The monoisotopic (exact) mass is 185 g/mol. The standard InChI is InChI=1S/C6H8BNO5/c1-2-12-6(9)4-3-5(7(10)11)13-8-4/h3,10-11H,2H2,1H3. The van der Waals surface area contributed by atoms with Crippen LogP contribution in [0.15, 0.2) is 10.6 Å². The summed E-state index contributed by atoms with van der Waals surface area (Å²) < 4.78 is 9.04. The predicted octanol–water partition coefficient (Wildman–Crippen LogP) is -1.47. The summed E-state index contributed by atoms with van der Waals surface area (Å²) in [5.74, 6) is -0.654. The molecule has 0 aliphatic carbocycles. The molecule has 0 saturated carbocycles. The summed E-state index contributed by atoms with van der Waals surface area (Å²) in [5, 5.41) is 20.5. The summed E-state index contributed by atoms with van der Waals surface area (Å²) in [6, 6.07) is 1.11. The zero-order valence-electron chi connectivity index (χ0n) is 6.93. The van der Waals surface area contributed by atoms with Crippen LogP contribution in [0, 0.1) is 0 Å². The van der Waals surface area contributed by atoms with Gasteiger partial charge in [-0.25, -0.2) is 4.79 Å². The number of aromatic nitrogens is 1. The lowest BCUT2D eigenvalue weighted by molar-refractivity contribution is 0.0514. The van der Waals surface area contributed by atoms with Gasteiger partial charge in [-0.15, -0.1) is 0 Å². The Labute approximate surface area is 74.2 Å². The van der Waals surface area contributed by atoms with E-state index in [4.69, 9.17) is 10.0 Å². The summed E-state index contributed by atoms with van der Waals surface area (Å²) in [7, 11) is -1.77. The van der Waals surface area contributed by atoms with Crippen molar-refractivity contribution >= 4 is 18.7 Å². The fraction of sp³-hybridized carbons (Fsp3) is 0.333. The van der Waals surface area contributed by atoms with Crippen molar-refractivity contribution in [2.24, 2.45) is 0 Å². The molecule has 0 fully saturated rings. The quantitative estimate of drug-likeness (QED) is 0.441. The van der Waals surface area contributed by atoms with Crippen molar-refractivity contribution in [2.45, 2.75) is 6.92 Å². The molecule has 1 aromatic heterocycles. The Bertz CT molecular complexity index is 297. The van der Waals surface area contributed by atoms with Crippen LogP contribution in [0.3, 0.4) is 0 Å². The topological polar surface area (TPSA) is 92.8 Å².